The van der Waals surface area contributed by atoms with Crippen molar-refractivity contribution in [2.75, 3.05) is 4.90 Å². The zero-order valence-corrected chi connectivity index (χ0v) is 30.8. The fraction of sp³-hybridized carbons (Fsp3) is 0.0182. The van der Waals surface area contributed by atoms with Gasteiger partial charge in [0.2, 0.25) is 0 Å². The molecule has 0 aliphatic heterocycles. The van der Waals surface area contributed by atoms with Gasteiger partial charge in [-0.2, -0.15) is 0 Å². The van der Waals surface area contributed by atoms with Gasteiger partial charge in [-0.1, -0.05) is 188 Å². The summed E-state index contributed by atoms with van der Waals surface area (Å²) >= 11 is 0. The zero-order chi connectivity index (χ0) is 37.1. The molecule has 0 bridgehead atoms. The Morgan fingerprint density at radius 1 is 0.250 bits per heavy atom. The van der Waals surface area contributed by atoms with Crippen molar-refractivity contribution in [3.05, 3.63) is 247 Å². The van der Waals surface area contributed by atoms with Gasteiger partial charge in [0.15, 0.2) is 0 Å². The summed E-state index contributed by atoms with van der Waals surface area (Å²) in [6.07, 6.45) is 0. The van der Waals surface area contributed by atoms with E-state index in [0.29, 0.717) is 0 Å². The summed E-state index contributed by atoms with van der Waals surface area (Å²) in [6.45, 7) is 0. The van der Waals surface area contributed by atoms with Crippen LogP contribution >= 0.6 is 0 Å². The molecule has 1 spiro atoms. The lowest BCUT2D eigenvalue weighted by atomic mass is 9.70. The minimum atomic E-state index is -0.362. The lowest BCUT2D eigenvalue weighted by Crippen LogP contribution is -2.25. The molecule has 1 nitrogen and oxygen atoms in total. The van der Waals surface area contributed by atoms with E-state index >= 15 is 0 Å². The second-order valence-corrected chi connectivity index (χ2v) is 14.8. The van der Waals surface area contributed by atoms with Gasteiger partial charge in [0.25, 0.3) is 0 Å². The number of hydrogen-bond donors (Lipinski definition) is 0. The molecule has 9 aromatic rings. The third kappa shape index (κ3) is 4.88. The highest BCUT2D eigenvalue weighted by Gasteiger charge is 2.51. The van der Waals surface area contributed by atoms with E-state index < -0.39 is 0 Å². The first-order valence-electron chi connectivity index (χ1n) is 19.4. The third-order valence-electron chi connectivity index (χ3n) is 11.9. The minimum Gasteiger partial charge on any atom is -0.310 e. The highest BCUT2D eigenvalue weighted by Crippen LogP contribution is 2.64. The molecule has 0 fully saturated rings. The predicted molar refractivity (Wildman–Crippen MR) is 234 cm³/mol. The topological polar surface area (TPSA) is 3.24 Å². The van der Waals surface area contributed by atoms with Gasteiger partial charge in [-0.3, -0.25) is 0 Å². The Morgan fingerprint density at radius 3 is 1.21 bits per heavy atom. The molecular formula is C55H37N. The quantitative estimate of drug-likeness (QED) is 0.166. The Bertz CT molecular complexity index is 2780. The summed E-state index contributed by atoms with van der Waals surface area (Å²) in [5.41, 5.74) is 20.9. The molecular weight excluding hydrogens is 675 g/mol. The number of nitrogens with zero attached hydrogens (tertiary/aromatic N) is 1. The monoisotopic (exact) mass is 711 g/mol. The van der Waals surface area contributed by atoms with Crippen molar-refractivity contribution in [1.29, 1.82) is 0 Å². The number of rotatable bonds is 6. The van der Waals surface area contributed by atoms with Gasteiger partial charge in [-0.05, 0) is 114 Å². The number of hydrogen-bond acceptors (Lipinski definition) is 1. The molecule has 9 aromatic carbocycles. The van der Waals surface area contributed by atoms with Crippen molar-refractivity contribution in [3.8, 4) is 55.6 Å². The standard InChI is InChI=1S/C55H37N/c1-3-16-38(17-4-1)41-20-13-22-44(36-41)56(45-23-14-21-42(37-45)39-18-5-2-6-19-39)43-34-32-40(33-35-43)46-27-15-31-53-54(46)49-26-9-12-30-52(49)55(53)50-28-10-7-24-47(50)48-25-8-11-29-51(48)55/h1-37H. The molecule has 11 rings (SSSR count). The van der Waals surface area contributed by atoms with Gasteiger partial charge in [0.1, 0.15) is 0 Å². The van der Waals surface area contributed by atoms with Gasteiger partial charge >= 0.3 is 0 Å². The molecule has 56 heavy (non-hydrogen) atoms. The zero-order valence-electron chi connectivity index (χ0n) is 30.8. The van der Waals surface area contributed by atoms with Crippen LogP contribution < -0.4 is 4.90 Å². The van der Waals surface area contributed by atoms with Crippen LogP contribution in [-0.4, -0.2) is 0 Å². The van der Waals surface area contributed by atoms with Crippen LogP contribution in [0.15, 0.2) is 224 Å². The van der Waals surface area contributed by atoms with Crippen LogP contribution in [0, 0.1) is 0 Å². The summed E-state index contributed by atoms with van der Waals surface area (Å²) < 4.78 is 0. The van der Waals surface area contributed by atoms with E-state index in [-0.39, 0.29) is 5.41 Å². The first-order valence-corrected chi connectivity index (χ1v) is 19.4. The second kappa shape index (κ2) is 13.0. The van der Waals surface area contributed by atoms with E-state index in [1.807, 2.05) is 0 Å². The molecule has 0 heterocycles. The van der Waals surface area contributed by atoms with Crippen molar-refractivity contribution in [2.24, 2.45) is 0 Å². The van der Waals surface area contributed by atoms with E-state index in [1.54, 1.807) is 0 Å². The maximum Gasteiger partial charge on any atom is 0.0725 e. The molecule has 0 atom stereocenters. The summed E-state index contributed by atoms with van der Waals surface area (Å²) in [7, 11) is 0. The third-order valence-corrected chi connectivity index (χ3v) is 11.9. The normalized spacial score (nSPS) is 12.8. The van der Waals surface area contributed by atoms with Crippen LogP contribution in [-0.2, 0) is 5.41 Å². The Morgan fingerprint density at radius 2 is 0.661 bits per heavy atom. The number of fused-ring (bicyclic) bond motifs is 10. The van der Waals surface area contributed by atoms with Crippen molar-refractivity contribution in [3.63, 3.8) is 0 Å². The number of benzene rings is 9. The van der Waals surface area contributed by atoms with Crippen molar-refractivity contribution in [2.45, 2.75) is 5.41 Å². The Labute approximate surface area is 328 Å². The van der Waals surface area contributed by atoms with Crippen molar-refractivity contribution in [1.82, 2.24) is 0 Å². The van der Waals surface area contributed by atoms with Gasteiger partial charge in [-0.15, -0.1) is 0 Å². The first-order chi connectivity index (χ1) is 27.8. The van der Waals surface area contributed by atoms with Crippen LogP contribution in [0.1, 0.15) is 22.3 Å². The predicted octanol–water partition coefficient (Wildman–Crippen LogP) is 14.5. The van der Waals surface area contributed by atoms with E-state index in [9.17, 15) is 0 Å². The van der Waals surface area contributed by atoms with Gasteiger partial charge in [0, 0.05) is 17.1 Å². The fourth-order valence-corrected chi connectivity index (χ4v) is 9.53. The average Bonchev–Trinajstić information content (AvgIpc) is 3.75. The van der Waals surface area contributed by atoms with E-state index in [1.165, 1.54) is 77.9 Å². The summed E-state index contributed by atoms with van der Waals surface area (Å²) in [4.78, 5) is 2.38. The highest BCUT2D eigenvalue weighted by atomic mass is 15.1. The largest absolute Gasteiger partial charge is 0.310 e. The van der Waals surface area contributed by atoms with Crippen molar-refractivity contribution < 1.29 is 0 Å². The summed E-state index contributed by atoms with van der Waals surface area (Å²) in [5, 5.41) is 0. The smallest absolute Gasteiger partial charge is 0.0725 e. The van der Waals surface area contributed by atoms with Crippen LogP contribution in [0.3, 0.4) is 0 Å². The first kappa shape index (κ1) is 32.2. The molecule has 2 aliphatic carbocycles. The minimum absolute atomic E-state index is 0.362. The van der Waals surface area contributed by atoms with Gasteiger partial charge in [0.05, 0.1) is 5.41 Å². The average molecular weight is 712 g/mol. The molecule has 2 aliphatic rings. The molecule has 0 saturated carbocycles. The maximum absolute atomic E-state index is 2.38. The molecule has 1 heteroatoms. The molecule has 262 valence electrons. The van der Waals surface area contributed by atoms with Gasteiger partial charge < -0.3 is 4.90 Å². The lowest BCUT2D eigenvalue weighted by molar-refractivity contribution is 0.794. The Kier molecular flexibility index (Phi) is 7.47. The van der Waals surface area contributed by atoms with Crippen LogP contribution in [0.5, 0.6) is 0 Å². The highest BCUT2D eigenvalue weighted by molar-refractivity contribution is 6.00. The molecule has 0 aromatic heterocycles. The molecule has 0 N–H and O–H groups in total. The van der Waals surface area contributed by atoms with Crippen LogP contribution in [0.4, 0.5) is 17.1 Å². The Hall–Kier alpha value is -7.22. The number of anilines is 3. The van der Waals surface area contributed by atoms with E-state index in [4.69, 9.17) is 0 Å². The SMILES string of the molecule is c1ccc(-c2cccc(N(c3ccc(-c4cccc5c4-c4ccccc4C54c5ccccc5-c5ccccc54)cc3)c3cccc(-c4ccccc4)c3)c2)cc1. The van der Waals surface area contributed by atoms with Crippen LogP contribution in [0.25, 0.3) is 55.6 Å². The molecule has 0 amide bonds. The fourth-order valence-electron chi connectivity index (χ4n) is 9.53. The molecule has 0 radical (unpaired) electrons. The summed E-state index contributed by atoms with van der Waals surface area (Å²) in [5.74, 6) is 0. The molecule has 0 saturated heterocycles. The van der Waals surface area contributed by atoms with Gasteiger partial charge in [-0.25, -0.2) is 0 Å². The van der Waals surface area contributed by atoms with Crippen molar-refractivity contribution >= 4 is 17.1 Å². The lowest BCUT2D eigenvalue weighted by Gasteiger charge is -2.30. The second-order valence-electron chi connectivity index (χ2n) is 14.8. The van der Waals surface area contributed by atoms with E-state index in [2.05, 4.69) is 229 Å². The summed E-state index contributed by atoms with van der Waals surface area (Å²) in [6, 6.07) is 82.3. The Balaban J connectivity index is 1.07. The molecule has 0 unspecified atom stereocenters. The van der Waals surface area contributed by atoms with E-state index in [0.717, 1.165) is 17.1 Å². The maximum atomic E-state index is 2.38. The van der Waals surface area contributed by atoms with Crippen LogP contribution in [0.2, 0.25) is 0 Å².